The quantitative estimate of drug-likeness (QED) is 0.527. The number of carboxylic acid groups (broad SMARTS) is 1. The second-order valence-electron chi connectivity index (χ2n) is 7.00. The molecule has 9 heteroatoms. The molecule has 0 saturated carbocycles. The molecule has 2 aromatic carbocycles. The smallest absolute Gasteiger partial charge is 0.335 e. The van der Waals surface area contributed by atoms with Crippen LogP contribution in [0.4, 0.5) is 4.39 Å². The third-order valence-corrected chi connectivity index (χ3v) is 4.98. The lowest BCUT2D eigenvalue weighted by Gasteiger charge is -2.38. The van der Waals surface area contributed by atoms with Crippen LogP contribution in [-0.4, -0.2) is 63.1 Å². The van der Waals surface area contributed by atoms with E-state index in [1.54, 1.807) is 36.4 Å². The Hall–Kier alpha value is -2.85. The highest BCUT2D eigenvalue weighted by Gasteiger charge is 2.48. The van der Waals surface area contributed by atoms with Crippen molar-refractivity contribution >= 4 is 11.9 Å². The van der Waals surface area contributed by atoms with E-state index in [-0.39, 0.29) is 5.56 Å². The molecule has 2 aromatic rings. The molecule has 1 saturated heterocycles. The summed E-state index contributed by atoms with van der Waals surface area (Å²) in [5.74, 6) is -4.05. The van der Waals surface area contributed by atoms with Gasteiger partial charge in [0.15, 0.2) is 6.10 Å². The first-order valence-corrected chi connectivity index (χ1v) is 9.18. The molecule has 1 heterocycles. The molecule has 0 bridgehead atoms. The predicted octanol–water partition coefficient (Wildman–Crippen LogP) is 1.03. The number of esters is 1. The van der Waals surface area contributed by atoms with Crippen LogP contribution in [0.1, 0.15) is 18.4 Å². The van der Waals surface area contributed by atoms with Crippen LogP contribution in [0.25, 0.3) is 11.1 Å². The van der Waals surface area contributed by atoms with E-state index in [1.807, 2.05) is 0 Å². The van der Waals surface area contributed by atoms with Gasteiger partial charge in [-0.1, -0.05) is 42.5 Å². The van der Waals surface area contributed by atoms with Gasteiger partial charge in [-0.3, -0.25) is 4.79 Å². The zero-order valence-electron chi connectivity index (χ0n) is 15.9. The van der Waals surface area contributed by atoms with E-state index in [1.165, 1.54) is 19.1 Å². The van der Waals surface area contributed by atoms with Crippen LogP contribution in [-0.2, 0) is 19.1 Å². The molecule has 1 aliphatic rings. The van der Waals surface area contributed by atoms with Crippen molar-refractivity contribution in [2.24, 2.45) is 0 Å². The maximum Gasteiger partial charge on any atom is 0.335 e. The third-order valence-electron chi connectivity index (χ3n) is 4.98. The van der Waals surface area contributed by atoms with Crippen LogP contribution in [0.15, 0.2) is 48.5 Å². The number of halogens is 1. The number of hydrogen-bond acceptors (Lipinski definition) is 7. The number of carboxylic acids is 1. The highest BCUT2D eigenvalue weighted by atomic mass is 19.1. The highest BCUT2D eigenvalue weighted by Crippen LogP contribution is 2.28. The van der Waals surface area contributed by atoms with Crippen molar-refractivity contribution in [3.05, 3.63) is 59.9 Å². The maximum atomic E-state index is 14.6. The Morgan fingerprint density at radius 2 is 1.70 bits per heavy atom. The second kappa shape index (κ2) is 8.88. The number of aliphatic hydroxyl groups is 3. The molecule has 160 valence electrons. The largest absolute Gasteiger partial charge is 0.479 e. The molecule has 0 unspecified atom stereocenters. The van der Waals surface area contributed by atoms with Gasteiger partial charge in [0.1, 0.15) is 24.1 Å². The summed E-state index contributed by atoms with van der Waals surface area (Å²) in [7, 11) is 0. The number of carbonyl (C=O) groups is 2. The standard InChI is InChI=1S/C21H21FO8/c1-10(12-7-8-13(14(22)9-12)11-5-3-2-4-6-11)20(28)30-21-17(25)15(23)16(24)18(29-21)19(26)27/h2-10,15-18,21,23-25H,1H3,(H,26,27)/t10-,15+,16+,17+,18+,21+/m1/s1. The second-order valence-corrected chi connectivity index (χ2v) is 7.00. The Morgan fingerprint density at radius 3 is 2.30 bits per heavy atom. The SMILES string of the molecule is C[C@@H](C(=O)O[C@@H]1O[C@H](C(=O)O)[C@@H](O)[C@H](O)[C@@H]1O)c1ccc(-c2ccccc2)c(F)c1. The van der Waals surface area contributed by atoms with E-state index >= 15 is 0 Å². The zero-order chi connectivity index (χ0) is 22.0. The van der Waals surface area contributed by atoms with Gasteiger partial charge in [-0.15, -0.1) is 0 Å². The summed E-state index contributed by atoms with van der Waals surface area (Å²) in [5, 5.41) is 38.5. The summed E-state index contributed by atoms with van der Waals surface area (Å²) in [5.41, 5.74) is 1.31. The summed E-state index contributed by atoms with van der Waals surface area (Å²) in [6.45, 7) is 1.44. The monoisotopic (exact) mass is 420 g/mol. The van der Waals surface area contributed by atoms with E-state index in [4.69, 9.17) is 14.6 Å². The summed E-state index contributed by atoms with van der Waals surface area (Å²) in [4.78, 5) is 23.6. The summed E-state index contributed by atoms with van der Waals surface area (Å²) in [6.07, 6.45) is -9.35. The third kappa shape index (κ3) is 4.34. The first-order chi connectivity index (χ1) is 14.2. The molecule has 1 aliphatic heterocycles. The van der Waals surface area contributed by atoms with E-state index < -0.39 is 54.4 Å². The van der Waals surface area contributed by atoms with Crippen molar-refractivity contribution in [1.82, 2.24) is 0 Å². The maximum absolute atomic E-state index is 14.6. The molecule has 0 amide bonds. The molecule has 6 atom stereocenters. The average Bonchev–Trinajstić information content (AvgIpc) is 2.73. The summed E-state index contributed by atoms with van der Waals surface area (Å²) in [6, 6.07) is 13.1. The topological polar surface area (TPSA) is 134 Å². The number of ether oxygens (including phenoxy) is 2. The van der Waals surface area contributed by atoms with Gasteiger partial charge in [-0.25, -0.2) is 9.18 Å². The number of aliphatic carboxylic acids is 1. The van der Waals surface area contributed by atoms with Crippen LogP contribution >= 0.6 is 0 Å². The van der Waals surface area contributed by atoms with Crippen LogP contribution in [0.2, 0.25) is 0 Å². The van der Waals surface area contributed by atoms with E-state index in [0.29, 0.717) is 11.1 Å². The average molecular weight is 420 g/mol. The molecule has 30 heavy (non-hydrogen) atoms. The van der Waals surface area contributed by atoms with Gasteiger partial charge >= 0.3 is 11.9 Å². The zero-order valence-corrected chi connectivity index (χ0v) is 15.9. The van der Waals surface area contributed by atoms with Crippen molar-refractivity contribution in [3.63, 3.8) is 0 Å². The van der Waals surface area contributed by atoms with Gasteiger partial charge in [0.05, 0.1) is 5.92 Å². The predicted molar refractivity (Wildman–Crippen MR) is 101 cm³/mol. The Morgan fingerprint density at radius 1 is 1.03 bits per heavy atom. The van der Waals surface area contributed by atoms with Gasteiger partial charge in [-0.2, -0.15) is 0 Å². The van der Waals surface area contributed by atoms with Gasteiger partial charge in [0.2, 0.25) is 6.29 Å². The molecule has 3 rings (SSSR count). The Kier molecular flexibility index (Phi) is 6.47. The van der Waals surface area contributed by atoms with Crippen LogP contribution < -0.4 is 0 Å². The molecule has 0 spiro atoms. The minimum absolute atomic E-state index is 0.290. The minimum Gasteiger partial charge on any atom is -0.479 e. The number of carbonyl (C=O) groups excluding carboxylic acids is 1. The Balaban J connectivity index is 1.74. The lowest BCUT2D eigenvalue weighted by atomic mass is 9.96. The molecular formula is C21H21FO8. The first-order valence-electron chi connectivity index (χ1n) is 9.18. The molecule has 8 nitrogen and oxygen atoms in total. The van der Waals surface area contributed by atoms with Crippen LogP contribution in [0, 0.1) is 5.82 Å². The highest BCUT2D eigenvalue weighted by molar-refractivity contribution is 5.78. The molecular weight excluding hydrogens is 399 g/mol. The van der Waals surface area contributed by atoms with E-state index in [9.17, 15) is 29.3 Å². The normalized spacial score (nSPS) is 27.3. The lowest BCUT2D eigenvalue weighted by molar-refractivity contribution is -0.286. The van der Waals surface area contributed by atoms with Crippen molar-refractivity contribution in [2.75, 3.05) is 0 Å². The first kappa shape index (κ1) is 21.8. The van der Waals surface area contributed by atoms with Gasteiger partial charge < -0.3 is 29.9 Å². The van der Waals surface area contributed by atoms with Crippen LogP contribution in [0.3, 0.4) is 0 Å². The fourth-order valence-electron chi connectivity index (χ4n) is 3.15. The molecule has 0 radical (unpaired) electrons. The lowest BCUT2D eigenvalue weighted by Crippen LogP contribution is -2.60. The number of aliphatic hydroxyl groups excluding tert-OH is 3. The van der Waals surface area contributed by atoms with Crippen LogP contribution in [0.5, 0.6) is 0 Å². The minimum atomic E-state index is -1.90. The molecule has 0 aromatic heterocycles. The van der Waals surface area contributed by atoms with Crippen molar-refractivity contribution < 1.29 is 43.9 Å². The van der Waals surface area contributed by atoms with Crippen molar-refractivity contribution in [2.45, 2.75) is 43.5 Å². The molecule has 1 fully saturated rings. The number of hydrogen-bond donors (Lipinski definition) is 4. The Labute approximate surface area is 171 Å². The summed E-state index contributed by atoms with van der Waals surface area (Å²) < 4.78 is 24.5. The van der Waals surface area contributed by atoms with E-state index in [0.717, 1.165) is 0 Å². The fourth-order valence-corrected chi connectivity index (χ4v) is 3.15. The summed E-state index contributed by atoms with van der Waals surface area (Å²) >= 11 is 0. The molecule has 0 aliphatic carbocycles. The number of rotatable bonds is 5. The van der Waals surface area contributed by atoms with Crippen molar-refractivity contribution in [1.29, 1.82) is 0 Å². The van der Waals surface area contributed by atoms with Gasteiger partial charge in [0, 0.05) is 5.56 Å². The molecule has 4 N–H and O–H groups in total. The fraction of sp³-hybridized carbons (Fsp3) is 0.333. The van der Waals surface area contributed by atoms with Gasteiger partial charge in [-0.05, 0) is 24.1 Å². The Bertz CT molecular complexity index is 918. The van der Waals surface area contributed by atoms with Gasteiger partial charge in [0.25, 0.3) is 0 Å². The van der Waals surface area contributed by atoms with Crippen molar-refractivity contribution in [3.8, 4) is 11.1 Å². The number of benzene rings is 2. The van der Waals surface area contributed by atoms with E-state index in [2.05, 4.69) is 0 Å².